The zero-order chi connectivity index (χ0) is 27.1. The number of aliphatic imine (C=N–C) groups is 2. The zero-order valence-corrected chi connectivity index (χ0v) is 21.9. The van der Waals surface area contributed by atoms with Gasteiger partial charge >= 0.3 is 6.18 Å². The summed E-state index contributed by atoms with van der Waals surface area (Å²) in [6, 6.07) is 9.51. The maximum Gasteiger partial charge on any atom is 0.419 e. The van der Waals surface area contributed by atoms with Gasteiger partial charge in [-0.05, 0) is 60.9 Å². The highest BCUT2D eigenvalue weighted by atomic mass is 32.1. The first-order chi connectivity index (χ1) is 16.9. The van der Waals surface area contributed by atoms with Crippen LogP contribution in [0, 0.1) is 12.7 Å². The van der Waals surface area contributed by atoms with Crippen LogP contribution in [0.15, 0.2) is 63.6 Å². The highest BCUT2D eigenvalue weighted by Gasteiger charge is 2.33. The van der Waals surface area contributed by atoms with E-state index in [-0.39, 0.29) is 6.04 Å². The van der Waals surface area contributed by atoms with Crippen LogP contribution in [0.25, 0.3) is 6.08 Å². The Labute approximate surface area is 216 Å². The summed E-state index contributed by atoms with van der Waals surface area (Å²) < 4.78 is 48.9. The summed E-state index contributed by atoms with van der Waals surface area (Å²) in [7, 11) is 0. The first-order valence-corrected chi connectivity index (χ1v) is 11.9. The lowest BCUT2D eigenvalue weighted by molar-refractivity contribution is -0.140. The molecule has 1 atom stereocenters. The molecule has 0 bridgehead atoms. The number of alkyl halides is 3. The van der Waals surface area contributed by atoms with Gasteiger partial charge in [0.25, 0.3) is 0 Å². The molecule has 36 heavy (non-hydrogen) atoms. The Balaban J connectivity index is 0.000000271. The lowest BCUT2D eigenvalue weighted by Gasteiger charge is -2.08. The van der Waals surface area contributed by atoms with E-state index in [1.165, 1.54) is 22.8 Å². The number of nitrogens with two attached hydrogens (primary N) is 1. The molecule has 2 aromatic rings. The molecule has 1 heterocycles. The van der Waals surface area contributed by atoms with Crippen LogP contribution < -0.4 is 11.1 Å². The minimum absolute atomic E-state index is 0.120. The fourth-order valence-corrected chi connectivity index (χ4v) is 2.86. The van der Waals surface area contributed by atoms with Crippen molar-refractivity contribution >= 4 is 31.3 Å². The predicted octanol–water partition coefficient (Wildman–Crippen LogP) is 6.59. The summed E-state index contributed by atoms with van der Waals surface area (Å²) in [6.45, 7) is 9.10. The summed E-state index contributed by atoms with van der Waals surface area (Å²) in [5, 5.41) is 2.85. The highest BCUT2D eigenvalue weighted by Crippen LogP contribution is 2.31. The van der Waals surface area contributed by atoms with E-state index in [1.807, 2.05) is 20.1 Å². The van der Waals surface area contributed by atoms with Crippen molar-refractivity contribution in [3.05, 3.63) is 87.2 Å². The molecule has 2 aromatic carbocycles. The monoisotopic (exact) mass is 522 g/mol. The maximum absolute atomic E-state index is 12.8. The number of fused-ring (bicyclic) bond motifs is 1. The third-order valence-electron chi connectivity index (χ3n) is 4.58. The molecule has 1 aliphatic heterocycles. The molecule has 9 heteroatoms. The van der Waals surface area contributed by atoms with Crippen LogP contribution >= 0.6 is 12.6 Å². The van der Waals surface area contributed by atoms with E-state index in [2.05, 4.69) is 65.2 Å². The Morgan fingerprint density at radius 1 is 1.22 bits per heavy atom. The second-order valence-electron chi connectivity index (χ2n) is 8.12. The predicted molar refractivity (Wildman–Crippen MR) is 146 cm³/mol. The van der Waals surface area contributed by atoms with Crippen molar-refractivity contribution in [1.82, 2.24) is 5.32 Å². The van der Waals surface area contributed by atoms with Gasteiger partial charge in [0.15, 0.2) is 0 Å². The SMILES string of the molecule is C/C(S)=C/NC=NCC(C)N.CCc1ccc(C(F)(F)F)c(F)c1.Cc1ccc2c(c1)C=CCN=C2. The number of rotatable bonds is 5. The third-order valence-corrected chi connectivity index (χ3v) is 4.71. The van der Waals surface area contributed by atoms with E-state index >= 15 is 0 Å². The summed E-state index contributed by atoms with van der Waals surface area (Å²) in [5.41, 5.74) is 8.61. The van der Waals surface area contributed by atoms with Gasteiger partial charge in [-0.2, -0.15) is 13.2 Å². The molecule has 196 valence electrons. The van der Waals surface area contributed by atoms with Crippen LogP contribution in [0.2, 0.25) is 0 Å². The van der Waals surface area contributed by atoms with Crippen LogP contribution in [0.3, 0.4) is 0 Å². The van der Waals surface area contributed by atoms with Gasteiger partial charge in [-0.3, -0.25) is 9.98 Å². The number of nitrogens with zero attached hydrogens (tertiary/aromatic N) is 2. The highest BCUT2D eigenvalue weighted by molar-refractivity contribution is 7.84. The lowest BCUT2D eigenvalue weighted by atomic mass is 10.1. The molecule has 1 aliphatic rings. The summed E-state index contributed by atoms with van der Waals surface area (Å²) >= 11 is 4.05. The van der Waals surface area contributed by atoms with E-state index in [1.54, 1.807) is 19.5 Å². The van der Waals surface area contributed by atoms with Gasteiger partial charge in [-0.25, -0.2) is 4.39 Å². The molecule has 0 saturated heterocycles. The topological polar surface area (TPSA) is 62.8 Å². The van der Waals surface area contributed by atoms with E-state index in [0.717, 1.165) is 23.6 Å². The molecule has 3 N–H and O–H groups in total. The van der Waals surface area contributed by atoms with Crippen LogP contribution in [-0.4, -0.2) is 31.7 Å². The molecule has 3 rings (SSSR count). The van der Waals surface area contributed by atoms with E-state index in [9.17, 15) is 17.6 Å². The quantitative estimate of drug-likeness (QED) is 0.180. The number of aryl methyl sites for hydroxylation is 2. The van der Waals surface area contributed by atoms with Crippen molar-refractivity contribution in [3.8, 4) is 0 Å². The molecule has 0 spiro atoms. The summed E-state index contributed by atoms with van der Waals surface area (Å²) in [4.78, 5) is 9.15. The second-order valence-corrected chi connectivity index (χ2v) is 8.82. The lowest BCUT2D eigenvalue weighted by Crippen LogP contribution is -2.19. The minimum Gasteiger partial charge on any atom is -0.352 e. The Morgan fingerprint density at radius 3 is 2.53 bits per heavy atom. The number of nitrogens with one attached hydrogen (secondary N) is 1. The smallest absolute Gasteiger partial charge is 0.352 e. The third kappa shape index (κ3) is 12.7. The zero-order valence-electron chi connectivity index (χ0n) is 21.0. The number of allylic oxidation sites excluding steroid dienone is 1. The number of thiol groups is 1. The van der Waals surface area contributed by atoms with Gasteiger partial charge in [0.1, 0.15) is 5.82 Å². The van der Waals surface area contributed by atoms with Crippen molar-refractivity contribution in [3.63, 3.8) is 0 Å². The molecule has 1 unspecified atom stereocenters. The van der Waals surface area contributed by atoms with Gasteiger partial charge in [0.05, 0.1) is 25.0 Å². The average Bonchev–Trinajstić information content (AvgIpc) is 3.03. The molecular formula is C27H34F4N4S. The number of halogens is 4. The van der Waals surface area contributed by atoms with Crippen molar-refractivity contribution < 1.29 is 17.6 Å². The van der Waals surface area contributed by atoms with Crippen molar-refractivity contribution in [2.45, 2.75) is 46.3 Å². The molecule has 0 amide bonds. The van der Waals surface area contributed by atoms with Crippen LogP contribution in [-0.2, 0) is 12.6 Å². The van der Waals surface area contributed by atoms with Crippen molar-refractivity contribution in [2.24, 2.45) is 15.7 Å². The van der Waals surface area contributed by atoms with Gasteiger partial charge < -0.3 is 11.1 Å². The largest absolute Gasteiger partial charge is 0.419 e. The number of hydrogen-bond acceptors (Lipinski definition) is 4. The maximum atomic E-state index is 12.8. The van der Waals surface area contributed by atoms with Crippen LogP contribution in [0.4, 0.5) is 17.6 Å². The van der Waals surface area contributed by atoms with Gasteiger partial charge in [-0.15, -0.1) is 12.6 Å². The first-order valence-electron chi connectivity index (χ1n) is 11.4. The fraction of sp³-hybridized carbons (Fsp3) is 0.333. The summed E-state index contributed by atoms with van der Waals surface area (Å²) in [5.74, 6) is -1.20. The Morgan fingerprint density at radius 2 is 1.94 bits per heavy atom. The Kier molecular flexibility index (Phi) is 13.8. The normalized spacial score (nSPS) is 13.7. The molecular weight excluding hydrogens is 488 g/mol. The number of benzene rings is 2. The molecule has 0 radical (unpaired) electrons. The van der Waals surface area contributed by atoms with Crippen molar-refractivity contribution in [1.29, 1.82) is 0 Å². The number of hydrogen-bond donors (Lipinski definition) is 3. The summed E-state index contributed by atoms with van der Waals surface area (Å²) in [6.07, 6.45) is 5.45. The molecule has 0 saturated carbocycles. The average molecular weight is 523 g/mol. The second kappa shape index (κ2) is 16.0. The van der Waals surface area contributed by atoms with Crippen LogP contribution in [0.5, 0.6) is 0 Å². The Bertz CT molecular complexity index is 1070. The molecule has 0 aliphatic carbocycles. The molecule has 4 nitrogen and oxygen atoms in total. The minimum atomic E-state index is -4.60. The fourth-order valence-electron chi connectivity index (χ4n) is 2.79. The molecule has 0 aromatic heterocycles. The van der Waals surface area contributed by atoms with Crippen LogP contribution in [0.1, 0.15) is 48.6 Å². The van der Waals surface area contributed by atoms with Crippen molar-refractivity contribution in [2.75, 3.05) is 13.1 Å². The molecule has 0 fully saturated rings. The Hall–Kier alpha value is -2.91. The van der Waals surface area contributed by atoms with Gasteiger partial charge in [-0.1, -0.05) is 48.9 Å². The van der Waals surface area contributed by atoms with E-state index < -0.39 is 17.6 Å². The standard InChI is InChI=1S/C11H11N.C9H8F4.C7H15N3S/c1-9-4-5-11-8-12-6-2-3-10(11)7-9;1-2-6-3-4-7(8(10)5-6)9(11,12)13;1-6(8)3-9-5-10-4-7(2)11/h2-5,7-8H,6H2,1H3;3-5H,2H2,1H3;4-6,11H,3,8H2,1-2H3,(H,9,10)/b;;7-4-. The van der Waals surface area contributed by atoms with Gasteiger partial charge in [0, 0.05) is 18.5 Å². The van der Waals surface area contributed by atoms with E-state index in [0.29, 0.717) is 18.5 Å². The van der Waals surface area contributed by atoms with E-state index in [4.69, 9.17) is 5.73 Å². The first kappa shape index (κ1) is 31.1. The van der Waals surface area contributed by atoms with Gasteiger partial charge in [0.2, 0.25) is 0 Å².